The fourth-order valence-electron chi connectivity index (χ4n) is 4.22. The number of methoxy groups -OCH3 is 2. The molecule has 3 rings (SSSR count). The molecule has 0 atom stereocenters. The second-order valence-electron chi connectivity index (χ2n) is 8.25. The minimum atomic E-state index is -3.67. The first kappa shape index (κ1) is 25.8. The molecular formula is C25H35N3O5S. The first-order chi connectivity index (χ1) is 16.4. The average molecular weight is 490 g/mol. The lowest BCUT2D eigenvalue weighted by molar-refractivity contribution is -0.126. The minimum absolute atomic E-state index is 0.00549. The van der Waals surface area contributed by atoms with Crippen molar-refractivity contribution < 1.29 is 22.7 Å². The molecule has 34 heavy (non-hydrogen) atoms. The van der Waals surface area contributed by atoms with Crippen molar-refractivity contribution in [2.75, 3.05) is 51.8 Å². The lowest BCUT2D eigenvalue weighted by Gasteiger charge is -2.30. The average Bonchev–Trinajstić information content (AvgIpc) is 2.88. The van der Waals surface area contributed by atoms with E-state index in [2.05, 4.69) is 29.3 Å². The standard InChI is InChI=1S/C25H35N3O5S/c1-4-27(21-9-6-5-7-10-21)16-8-15-26-25(29)20-13-17-28(18-14-20)34(30,31)22-11-12-23(32-2)24(19-22)33-3/h5-7,9-12,19-20H,4,8,13-18H2,1-3H3,(H,26,29). The molecule has 0 radical (unpaired) electrons. The summed E-state index contributed by atoms with van der Waals surface area (Å²) in [6, 6.07) is 14.8. The van der Waals surface area contributed by atoms with Crippen LogP contribution in [0, 0.1) is 5.92 Å². The Kier molecular flexibility index (Phi) is 9.18. The highest BCUT2D eigenvalue weighted by Gasteiger charge is 2.32. The topological polar surface area (TPSA) is 88.2 Å². The molecule has 0 bridgehead atoms. The molecule has 0 aromatic heterocycles. The van der Waals surface area contributed by atoms with Gasteiger partial charge >= 0.3 is 0 Å². The van der Waals surface area contributed by atoms with E-state index in [1.807, 2.05) is 18.2 Å². The summed E-state index contributed by atoms with van der Waals surface area (Å²) in [5.74, 6) is 0.675. The predicted octanol–water partition coefficient (Wildman–Crippen LogP) is 3.14. The van der Waals surface area contributed by atoms with Crippen LogP contribution in [-0.4, -0.2) is 65.6 Å². The van der Waals surface area contributed by atoms with E-state index in [0.717, 1.165) is 19.5 Å². The third-order valence-corrected chi connectivity index (χ3v) is 8.12. The van der Waals surface area contributed by atoms with Crippen LogP contribution in [0.3, 0.4) is 0 Å². The lowest BCUT2D eigenvalue weighted by Crippen LogP contribution is -2.43. The van der Waals surface area contributed by atoms with Crippen LogP contribution in [0.25, 0.3) is 0 Å². The third kappa shape index (κ3) is 6.21. The van der Waals surface area contributed by atoms with Crippen molar-refractivity contribution in [1.29, 1.82) is 0 Å². The SMILES string of the molecule is CCN(CCCNC(=O)C1CCN(S(=O)(=O)c2ccc(OC)c(OC)c2)CC1)c1ccccc1. The number of hydrogen-bond donors (Lipinski definition) is 1. The number of rotatable bonds is 11. The fraction of sp³-hybridized carbons (Fsp3) is 0.480. The summed E-state index contributed by atoms with van der Waals surface area (Å²) in [7, 11) is -0.691. The molecule has 1 N–H and O–H groups in total. The molecular weight excluding hydrogens is 454 g/mol. The van der Waals surface area contributed by atoms with Gasteiger partial charge in [0.25, 0.3) is 0 Å². The summed E-state index contributed by atoms with van der Waals surface area (Å²) >= 11 is 0. The van der Waals surface area contributed by atoms with Crippen molar-refractivity contribution >= 4 is 21.6 Å². The largest absolute Gasteiger partial charge is 0.493 e. The fourth-order valence-corrected chi connectivity index (χ4v) is 5.70. The Morgan fingerprint density at radius 1 is 1.06 bits per heavy atom. The number of nitrogens with one attached hydrogen (secondary N) is 1. The van der Waals surface area contributed by atoms with Gasteiger partial charge in [-0.3, -0.25) is 4.79 Å². The lowest BCUT2D eigenvalue weighted by atomic mass is 9.97. The molecule has 1 heterocycles. The van der Waals surface area contributed by atoms with Gasteiger partial charge in [-0.1, -0.05) is 18.2 Å². The van der Waals surface area contributed by atoms with Gasteiger partial charge in [-0.15, -0.1) is 0 Å². The third-order valence-electron chi connectivity index (χ3n) is 6.22. The molecule has 0 aliphatic carbocycles. The number of amides is 1. The Bertz CT molecular complexity index is 1040. The van der Waals surface area contributed by atoms with Gasteiger partial charge in [0.15, 0.2) is 11.5 Å². The molecule has 2 aromatic rings. The maximum atomic E-state index is 13.1. The van der Waals surface area contributed by atoms with E-state index < -0.39 is 10.0 Å². The second kappa shape index (κ2) is 12.1. The van der Waals surface area contributed by atoms with Gasteiger partial charge < -0.3 is 19.7 Å². The van der Waals surface area contributed by atoms with Crippen molar-refractivity contribution in [3.8, 4) is 11.5 Å². The summed E-state index contributed by atoms with van der Waals surface area (Å²) in [5, 5.41) is 3.03. The number of carbonyl (C=O) groups is 1. The molecule has 1 aliphatic rings. The predicted molar refractivity (Wildman–Crippen MR) is 133 cm³/mol. The summed E-state index contributed by atoms with van der Waals surface area (Å²) in [4.78, 5) is 15.1. The van der Waals surface area contributed by atoms with E-state index in [9.17, 15) is 13.2 Å². The summed E-state index contributed by atoms with van der Waals surface area (Å²) in [6.07, 6.45) is 1.86. The van der Waals surface area contributed by atoms with Gasteiger partial charge in [0, 0.05) is 50.4 Å². The van der Waals surface area contributed by atoms with Crippen LogP contribution in [0.4, 0.5) is 5.69 Å². The van der Waals surface area contributed by atoms with Crippen LogP contribution in [0.5, 0.6) is 11.5 Å². The molecule has 1 saturated heterocycles. The maximum absolute atomic E-state index is 13.1. The quantitative estimate of drug-likeness (QED) is 0.488. The van der Waals surface area contributed by atoms with Gasteiger partial charge in [0.05, 0.1) is 19.1 Å². The van der Waals surface area contributed by atoms with Gasteiger partial charge in [0.1, 0.15) is 0 Å². The smallest absolute Gasteiger partial charge is 0.243 e. The Morgan fingerprint density at radius 2 is 1.74 bits per heavy atom. The number of anilines is 1. The van der Waals surface area contributed by atoms with Crippen molar-refractivity contribution in [3.63, 3.8) is 0 Å². The molecule has 1 amide bonds. The molecule has 0 saturated carbocycles. The van der Waals surface area contributed by atoms with Crippen molar-refractivity contribution in [3.05, 3.63) is 48.5 Å². The molecule has 9 heteroatoms. The zero-order valence-corrected chi connectivity index (χ0v) is 21.0. The Labute approximate surface area is 202 Å². The molecule has 1 fully saturated rings. The number of hydrogen-bond acceptors (Lipinski definition) is 6. The molecule has 2 aromatic carbocycles. The summed E-state index contributed by atoms with van der Waals surface area (Å²) < 4.78 is 38.0. The van der Waals surface area contributed by atoms with E-state index in [1.54, 1.807) is 6.07 Å². The zero-order valence-electron chi connectivity index (χ0n) is 20.2. The van der Waals surface area contributed by atoms with Gasteiger partial charge in [0.2, 0.25) is 15.9 Å². The second-order valence-corrected chi connectivity index (χ2v) is 10.2. The van der Waals surface area contributed by atoms with E-state index >= 15 is 0 Å². The van der Waals surface area contributed by atoms with Crippen molar-refractivity contribution in [2.24, 2.45) is 5.92 Å². The van der Waals surface area contributed by atoms with Gasteiger partial charge in [-0.2, -0.15) is 4.31 Å². The normalized spacial score (nSPS) is 15.0. The van der Waals surface area contributed by atoms with E-state index in [1.165, 1.54) is 36.3 Å². The Balaban J connectivity index is 1.47. The van der Waals surface area contributed by atoms with Crippen LogP contribution in [0.1, 0.15) is 26.2 Å². The first-order valence-electron chi connectivity index (χ1n) is 11.7. The highest BCUT2D eigenvalue weighted by molar-refractivity contribution is 7.89. The maximum Gasteiger partial charge on any atom is 0.243 e. The van der Waals surface area contributed by atoms with Gasteiger partial charge in [-0.25, -0.2) is 8.42 Å². The first-order valence-corrected chi connectivity index (χ1v) is 13.1. The number of benzene rings is 2. The zero-order chi connectivity index (χ0) is 24.6. The monoisotopic (exact) mass is 489 g/mol. The van der Waals surface area contributed by atoms with E-state index in [-0.39, 0.29) is 16.7 Å². The molecule has 186 valence electrons. The minimum Gasteiger partial charge on any atom is -0.493 e. The summed E-state index contributed by atoms with van der Waals surface area (Å²) in [5.41, 5.74) is 1.18. The Hall–Kier alpha value is -2.78. The highest BCUT2D eigenvalue weighted by Crippen LogP contribution is 2.32. The van der Waals surface area contributed by atoms with Crippen LogP contribution in [0.15, 0.2) is 53.4 Å². The van der Waals surface area contributed by atoms with E-state index in [0.29, 0.717) is 44.0 Å². The van der Waals surface area contributed by atoms with Gasteiger partial charge in [-0.05, 0) is 50.5 Å². The number of carbonyl (C=O) groups excluding carboxylic acids is 1. The molecule has 1 aliphatic heterocycles. The van der Waals surface area contributed by atoms with Crippen molar-refractivity contribution in [1.82, 2.24) is 9.62 Å². The molecule has 0 unspecified atom stereocenters. The highest BCUT2D eigenvalue weighted by atomic mass is 32.2. The summed E-state index contributed by atoms with van der Waals surface area (Å²) in [6.45, 7) is 5.12. The van der Waals surface area contributed by atoms with Crippen LogP contribution >= 0.6 is 0 Å². The number of ether oxygens (including phenoxy) is 2. The number of piperidine rings is 1. The van der Waals surface area contributed by atoms with E-state index in [4.69, 9.17) is 9.47 Å². The van der Waals surface area contributed by atoms with Crippen LogP contribution < -0.4 is 19.7 Å². The van der Waals surface area contributed by atoms with Crippen LogP contribution in [0.2, 0.25) is 0 Å². The molecule has 0 spiro atoms. The van der Waals surface area contributed by atoms with Crippen molar-refractivity contribution in [2.45, 2.75) is 31.1 Å². The van der Waals surface area contributed by atoms with Crippen LogP contribution in [-0.2, 0) is 14.8 Å². The number of para-hydroxylation sites is 1. The Morgan fingerprint density at radius 3 is 2.35 bits per heavy atom. The molecule has 8 nitrogen and oxygen atoms in total. The number of nitrogens with zero attached hydrogens (tertiary/aromatic N) is 2. The number of sulfonamides is 1.